The fraction of sp³-hybridized carbons (Fsp3) is 0.632. The molecule has 0 saturated heterocycles. The standard InChI is InChI=1S/C19H28O2/c1-4-21-19(11-6-5-7-12-19)18(20)17-10-8-9-16(14-17)13-15(2)3/h8-10,14-15H,4-7,11-13H2,1-3H3. The molecule has 0 aromatic heterocycles. The lowest BCUT2D eigenvalue weighted by Gasteiger charge is -2.35. The van der Waals surface area contributed by atoms with Crippen molar-refractivity contribution in [2.75, 3.05) is 6.61 Å². The summed E-state index contributed by atoms with van der Waals surface area (Å²) in [5.74, 6) is 0.792. The van der Waals surface area contributed by atoms with Crippen molar-refractivity contribution < 1.29 is 9.53 Å². The average Bonchev–Trinajstić information content (AvgIpc) is 2.47. The normalized spacial score (nSPS) is 17.9. The first-order chi connectivity index (χ1) is 10.1. The molecule has 2 nitrogen and oxygen atoms in total. The second-order valence-electron chi connectivity index (χ2n) is 6.62. The van der Waals surface area contributed by atoms with Crippen LogP contribution in [-0.2, 0) is 11.2 Å². The van der Waals surface area contributed by atoms with Crippen LogP contribution in [0.2, 0.25) is 0 Å². The Balaban J connectivity index is 2.24. The van der Waals surface area contributed by atoms with Crippen molar-refractivity contribution in [3.05, 3.63) is 35.4 Å². The number of carbonyl (C=O) groups excluding carboxylic acids is 1. The third-order valence-electron chi connectivity index (χ3n) is 4.33. The quantitative estimate of drug-likeness (QED) is 0.702. The van der Waals surface area contributed by atoms with Gasteiger partial charge in [0.25, 0.3) is 0 Å². The molecule has 0 spiro atoms. The second kappa shape index (κ2) is 7.22. The van der Waals surface area contributed by atoms with Gasteiger partial charge in [-0.2, -0.15) is 0 Å². The summed E-state index contributed by atoms with van der Waals surface area (Å²) in [6.07, 6.45) is 6.16. The Bertz CT molecular complexity index is 465. The zero-order valence-corrected chi connectivity index (χ0v) is 13.7. The summed E-state index contributed by atoms with van der Waals surface area (Å²) in [6.45, 7) is 7.00. The average molecular weight is 288 g/mol. The van der Waals surface area contributed by atoms with Crippen LogP contribution in [0.1, 0.15) is 68.8 Å². The molecule has 1 aromatic rings. The second-order valence-corrected chi connectivity index (χ2v) is 6.62. The van der Waals surface area contributed by atoms with Gasteiger partial charge in [-0.05, 0) is 43.7 Å². The first-order valence-electron chi connectivity index (χ1n) is 8.35. The van der Waals surface area contributed by atoms with Gasteiger partial charge in [0.2, 0.25) is 0 Å². The van der Waals surface area contributed by atoms with Crippen molar-refractivity contribution in [3.8, 4) is 0 Å². The van der Waals surface area contributed by atoms with E-state index >= 15 is 0 Å². The minimum absolute atomic E-state index is 0.189. The maximum Gasteiger partial charge on any atom is 0.194 e. The molecule has 2 rings (SSSR count). The van der Waals surface area contributed by atoms with Crippen molar-refractivity contribution in [1.82, 2.24) is 0 Å². The zero-order valence-electron chi connectivity index (χ0n) is 13.7. The summed E-state index contributed by atoms with van der Waals surface area (Å²) in [5, 5.41) is 0. The van der Waals surface area contributed by atoms with E-state index in [0.717, 1.165) is 37.7 Å². The fourth-order valence-corrected chi connectivity index (χ4v) is 3.41. The molecular formula is C19H28O2. The fourth-order valence-electron chi connectivity index (χ4n) is 3.41. The van der Waals surface area contributed by atoms with E-state index in [1.54, 1.807) is 0 Å². The molecule has 1 fully saturated rings. The number of ketones is 1. The summed E-state index contributed by atoms with van der Waals surface area (Å²) in [7, 11) is 0. The Morgan fingerprint density at radius 1 is 1.24 bits per heavy atom. The van der Waals surface area contributed by atoms with Crippen molar-refractivity contribution in [2.45, 2.75) is 64.9 Å². The summed E-state index contributed by atoms with van der Waals surface area (Å²) in [4.78, 5) is 13.0. The molecule has 0 bridgehead atoms. The Morgan fingerprint density at radius 3 is 2.57 bits per heavy atom. The van der Waals surface area contributed by atoms with Gasteiger partial charge in [0.05, 0.1) is 0 Å². The number of hydrogen-bond acceptors (Lipinski definition) is 2. The first-order valence-corrected chi connectivity index (χ1v) is 8.35. The molecule has 1 saturated carbocycles. The third kappa shape index (κ3) is 3.94. The predicted molar refractivity (Wildman–Crippen MR) is 86.8 cm³/mol. The van der Waals surface area contributed by atoms with Crippen molar-refractivity contribution in [2.24, 2.45) is 5.92 Å². The highest BCUT2D eigenvalue weighted by molar-refractivity contribution is 6.02. The number of benzene rings is 1. The minimum Gasteiger partial charge on any atom is -0.367 e. The van der Waals surface area contributed by atoms with E-state index in [9.17, 15) is 4.79 Å². The molecule has 0 unspecified atom stereocenters. The number of hydrogen-bond donors (Lipinski definition) is 0. The minimum atomic E-state index is -0.566. The predicted octanol–water partition coefficient (Wildman–Crippen LogP) is 4.81. The van der Waals surface area contributed by atoms with Gasteiger partial charge in [-0.1, -0.05) is 51.3 Å². The van der Waals surface area contributed by atoms with Crippen LogP contribution < -0.4 is 0 Å². The maximum atomic E-state index is 13.0. The van der Waals surface area contributed by atoms with E-state index in [0.29, 0.717) is 12.5 Å². The molecule has 1 aromatic carbocycles. The number of rotatable bonds is 6. The van der Waals surface area contributed by atoms with Crippen LogP contribution >= 0.6 is 0 Å². The zero-order chi connectivity index (χ0) is 15.3. The largest absolute Gasteiger partial charge is 0.367 e. The van der Waals surface area contributed by atoms with Gasteiger partial charge in [0.1, 0.15) is 5.60 Å². The van der Waals surface area contributed by atoms with Crippen LogP contribution in [0, 0.1) is 5.92 Å². The first kappa shape index (κ1) is 16.2. The SMILES string of the molecule is CCOC1(C(=O)c2cccc(CC(C)C)c2)CCCCC1. The van der Waals surface area contributed by atoms with E-state index < -0.39 is 5.60 Å². The van der Waals surface area contributed by atoms with Crippen molar-refractivity contribution in [3.63, 3.8) is 0 Å². The highest BCUT2D eigenvalue weighted by Crippen LogP contribution is 2.35. The van der Waals surface area contributed by atoms with Gasteiger partial charge < -0.3 is 4.74 Å². The molecule has 0 heterocycles. The van der Waals surface area contributed by atoms with Crippen LogP contribution in [-0.4, -0.2) is 18.0 Å². The lowest BCUT2D eigenvalue weighted by Crippen LogP contribution is -2.43. The molecule has 1 aliphatic rings. The van der Waals surface area contributed by atoms with E-state index in [4.69, 9.17) is 4.74 Å². The van der Waals surface area contributed by atoms with Gasteiger partial charge >= 0.3 is 0 Å². The Kier molecular flexibility index (Phi) is 5.58. The lowest BCUT2D eigenvalue weighted by molar-refractivity contribution is -0.0411. The number of Topliss-reactive ketones (excluding diaryl/α,β-unsaturated/α-hetero) is 1. The van der Waals surface area contributed by atoms with Gasteiger partial charge in [0, 0.05) is 12.2 Å². The van der Waals surface area contributed by atoms with Crippen LogP contribution in [0.3, 0.4) is 0 Å². The van der Waals surface area contributed by atoms with E-state index in [2.05, 4.69) is 26.0 Å². The summed E-state index contributed by atoms with van der Waals surface area (Å²) in [6, 6.07) is 8.14. The molecule has 0 radical (unpaired) electrons. The maximum absolute atomic E-state index is 13.0. The molecule has 0 amide bonds. The molecule has 0 N–H and O–H groups in total. The van der Waals surface area contributed by atoms with Crippen molar-refractivity contribution in [1.29, 1.82) is 0 Å². The molecule has 1 aliphatic carbocycles. The topological polar surface area (TPSA) is 26.3 Å². The highest BCUT2D eigenvalue weighted by atomic mass is 16.5. The van der Waals surface area contributed by atoms with Gasteiger partial charge in [0.15, 0.2) is 5.78 Å². The smallest absolute Gasteiger partial charge is 0.194 e. The summed E-state index contributed by atoms with van der Waals surface area (Å²) < 4.78 is 5.96. The summed E-state index contributed by atoms with van der Waals surface area (Å²) in [5.41, 5.74) is 1.51. The van der Waals surface area contributed by atoms with Gasteiger partial charge in [-0.25, -0.2) is 0 Å². The third-order valence-corrected chi connectivity index (χ3v) is 4.33. The van der Waals surface area contributed by atoms with Crippen LogP contribution in [0.5, 0.6) is 0 Å². The molecule has 0 aliphatic heterocycles. The van der Waals surface area contributed by atoms with Crippen molar-refractivity contribution >= 4 is 5.78 Å². The molecule has 116 valence electrons. The van der Waals surface area contributed by atoms with Gasteiger partial charge in [-0.15, -0.1) is 0 Å². The van der Waals surface area contributed by atoms with Crippen LogP contribution in [0.25, 0.3) is 0 Å². The summed E-state index contributed by atoms with van der Waals surface area (Å²) >= 11 is 0. The monoisotopic (exact) mass is 288 g/mol. The van der Waals surface area contributed by atoms with Crippen LogP contribution in [0.15, 0.2) is 24.3 Å². The molecule has 21 heavy (non-hydrogen) atoms. The van der Waals surface area contributed by atoms with E-state index in [-0.39, 0.29) is 5.78 Å². The van der Waals surface area contributed by atoms with Gasteiger partial charge in [-0.3, -0.25) is 4.79 Å². The molecular weight excluding hydrogens is 260 g/mol. The lowest BCUT2D eigenvalue weighted by atomic mass is 9.79. The Morgan fingerprint density at radius 2 is 1.95 bits per heavy atom. The van der Waals surface area contributed by atoms with E-state index in [1.807, 2.05) is 19.1 Å². The number of carbonyl (C=O) groups is 1. The number of ether oxygens (including phenoxy) is 1. The van der Waals surface area contributed by atoms with E-state index in [1.165, 1.54) is 12.0 Å². The molecule has 0 atom stereocenters. The highest BCUT2D eigenvalue weighted by Gasteiger charge is 2.40. The van der Waals surface area contributed by atoms with Crippen LogP contribution in [0.4, 0.5) is 0 Å². The Hall–Kier alpha value is -1.15. The molecule has 2 heteroatoms. The Labute approximate surface area is 128 Å².